The second-order valence-corrected chi connectivity index (χ2v) is 4.42. The molecule has 102 valence electrons. The molecule has 1 atom stereocenters. The second-order valence-electron chi connectivity index (χ2n) is 4.42. The zero-order valence-corrected chi connectivity index (χ0v) is 10.7. The predicted octanol–water partition coefficient (Wildman–Crippen LogP) is 3.05. The van der Waals surface area contributed by atoms with Crippen molar-refractivity contribution in [2.75, 3.05) is 20.1 Å². The summed E-state index contributed by atoms with van der Waals surface area (Å²) in [5.41, 5.74) is 5.49. The van der Waals surface area contributed by atoms with Gasteiger partial charge in [0, 0.05) is 6.04 Å². The first-order valence-corrected chi connectivity index (χ1v) is 5.93. The van der Waals surface area contributed by atoms with Gasteiger partial charge in [0.2, 0.25) is 0 Å². The van der Waals surface area contributed by atoms with Gasteiger partial charge in [0.25, 0.3) is 0 Å². The van der Waals surface area contributed by atoms with E-state index in [0.29, 0.717) is 12.1 Å². The molecule has 1 rings (SSSR count). The van der Waals surface area contributed by atoms with Gasteiger partial charge in [0.05, 0.1) is 5.56 Å². The third-order valence-corrected chi connectivity index (χ3v) is 3.07. The lowest BCUT2D eigenvalue weighted by atomic mass is 10.0. The lowest BCUT2D eigenvalue weighted by Crippen LogP contribution is -2.25. The maximum Gasteiger partial charge on any atom is 0.416 e. The molecule has 0 aromatic heterocycles. The number of hydrogen-bond donors (Lipinski definition) is 1. The molecule has 0 fully saturated rings. The van der Waals surface area contributed by atoms with Crippen molar-refractivity contribution in [2.24, 2.45) is 5.73 Å². The minimum atomic E-state index is -4.29. The molecule has 0 heterocycles. The van der Waals surface area contributed by atoms with E-state index in [1.165, 1.54) is 12.1 Å². The van der Waals surface area contributed by atoms with E-state index in [0.717, 1.165) is 19.0 Å². The number of halogens is 3. The van der Waals surface area contributed by atoms with Crippen molar-refractivity contribution in [3.05, 3.63) is 35.4 Å². The summed E-state index contributed by atoms with van der Waals surface area (Å²) in [7, 11) is 1.89. The maximum absolute atomic E-state index is 12.6. The van der Waals surface area contributed by atoms with Crippen LogP contribution in [0.15, 0.2) is 24.3 Å². The van der Waals surface area contributed by atoms with Crippen LogP contribution in [-0.4, -0.2) is 25.0 Å². The first-order chi connectivity index (χ1) is 8.36. The van der Waals surface area contributed by atoms with Gasteiger partial charge in [-0.25, -0.2) is 0 Å². The molecule has 18 heavy (non-hydrogen) atoms. The Labute approximate surface area is 106 Å². The summed E-state index contributed by atoms with van der Waals surface area (Å²) in [6.45, 7) is 3.25. The van der Waals surface area contributed by atoms with E-state index in [9.17, 15) is 13.2 Å². The maximum atomic E-state index is 12.6. The van der Waals surface area contributed by atoms with Gasteiger partial charge < -0.3 is 5.73 Å². The third kappa shape index (κ3) is 3.99. The van der Waals surface area contributed by atoms with Gasteiger partial charge in [-0.3, -0.25) is 4.90 Å². The van der Waals surface area contributed by atoms with Gasteiger partial charge in [-0.2, -0.15) is 13.2 Å². The molecule has 0 aliphatic rings. The zero-order chi connectivity index (χ0) is 13.8. The van der Waals surface area contributed by atoms with Crippen molar-refractivity contribution in [3.63, 3.8) is 0 Å². The molecule has 0 bridgehead atoms. The van der Waals surface area contributed by atoms with Crippen molar-refractivity contribution in [1.29, 1.82) is 0 Å². The van der Waals surface area contributed by atoms with Crippen LogP contribution in [0.3, 0.4) is 0 Å². The van der Waals surface area contributed by atoms with Crippen LogP contribution in [0.5, 0.6) is 0 Å². The van der Waals surface area contributed by atoms with Crippen LogP contribution in [0.1, 0.15) is 30.5 Å². The average Bonchev–Trinajstić information content (AvgIpc) is 2.34. The number of hydrogen-bond acceptors (Lipinski definition) is 2. The predicted molar refractivity (Wildman–Crippen MR) is 66.2 cm³/mol. The fourth-order valence-electron chi connectivity index (χ4n) is 1.76. The lowest BCUT2D eigenvalue weighted by Gasteiger charge is -2.25. The van der Waals surface area contributed by atoms with Crippen LogP contribution in [0.25, 0.3) is 0 Å². The molecular weight excluding hydrogens is 241 g/mol. The Morgan fingerprint density at radius 3 is 2.56 bits per heavy atom. The van der Waals surface area contributed by atoms with Crippen molar-refractivity contribution in [3.8, 4) is 0 Å². The molecule has 2 N–H and O–H groups in total. The molecule has 0 aliphatic carbocycles. The molecule has 0 amide bonds. The Balaban J connectivity index is 2.83. The molecule has 0 saturated carbocycles. The van der Waals surface area contributed by atoms with E-state index in [2.05, 4.69) is 0 Å². The van der Waals surface area contributed by atoms with Gasteiger partial charge in [-0.15, -0.1) is 0 Å². The molecule has 0 radical (unpaired) electrons. The van der Waals surface area contributed by atoms with E-state index >= 15 is 0 Å². The average molecular weight is 260 g/mol. The van der Waals surface area contributed by atoms with Gasteiger partial charge in [-0.05, 0) is 51.2 Å². The highest BCUT2D eigenvalue weighted by atomic mass is 19.4. The number of nitrogens with zero attached hydrogens (tertiary/aromatic N) is 1. The van der Waals surface area contributed by atoms with Crippen molar-refractivity contribution in [2.45, 2.75) is 25.6 Å². The summed E-state index contributed by atoms with van der Waals surface area (Å²) in [5, 5.41) is 0. The van der Waals surface area contributed by atoms with E-state index in [1.807, 2.05) is 18.9 Å². The highest BCUT2D eigenvalue weighted by Crippen LogP contribution is 2.31. The molecule has 2 nitrogen and oxygen atoms in total. The first kappa shape index (κ1) is 15.0. The van der Waals surface area contributed by atoms with Crippen LogP contribution in [-0.2, 0) is 6.18 Å². The fourth-order valence-corrected chi connectivity index (χ4v) is 1.76. The normalized spacial score (nSPS) is 13.9. The zero-order valence-electron chi connectivity index (χ0n) is 10.7. The molecule has 0 saturated heterocycles. The summed E-state index contributed by atoms with van der Waals surface area (Å²) in [6, 6.07) is 5.42. The molecule has 1 aromatic carbocycles. The number of rotatable bonds is 5. The summed E-state index contributed by atoms with van der Waals surface area (Å²) in [4.78, 5) is 2.00. The van der Waals surface area contributed by atoms with Gasteiger partial charge >= 0.3 is 6.18 Å². The Kier molecular flexibility index (Phi) is 5.16. The van der Waals surface area contributed by atoms with Crippen LogP contribution in [0.2, 0.25) is 0 Å². The molecule has 0 spiro atoms. The molecule has 5 heteroatoms. The smallest absolute Gasteiger partial charge is 0.330 e. The van der Waals surface area contributed by atoms with Crippen LogP contribution < -0.4 is 5.73 Å². The molecule has 1 unspecified atom stereocenters. The topological polar surface area (TPSA) is 29.3 Å². The van der Waals surface area contributed by atoms with Crippen LogP contribution in [0, 0.1) is 0 Å². The lowest BCUT2D eigenvalue weighted by molar-refractivity contribution is -0.137. The molecule has 1 aromatic rings. The minimum absolute atomic E-state index is 0.0566. The minimum Gasteiger partial charge on any atom is -0.330 e. The molecular formula is C13H19F3N2. The van der Waals surface area contributed by atoms with Crippen molar-refractivity contribution in [1.82, 2.24) is 4.90 Å². The number of benzene rings is 1. The van der Waals surface area contributed by atoms with Crippen molar-refractivity contribution >= 4 is 0 Å². The summed E-state index contributed by atoms with van der Waals surface area (Å²) >= 11 is 0. The number of nitrogens with two attached hydrogens (primary N) is 1. The van der Waals surface area contributed by atoms with Gasteiger partial charge in [-0.1, -0.05) is 12.1 Å². The Bertz CT molecular complexity index is 377. The summed E-state index contributed by atoms with van der Waals surface area (Å²) in [5.74, 6) is 0. The van der Waals surface area contributed by atoms with Crippen LogP contribution in [0.4, 0.5) is 13.2 Å². The van der Waals surface area contributed by atoms with E-state index in [-0.39, 0.29) is 6.04 Å². The third-order valence-electron chi connectivity index (χ3n) is 3.07. The highest BCUT2D eigenvalue weighted by Gasteiger charge is 2.30. The van der Waals surface area contributed by atoms with E-state index in [1.54, 1.807) is 6.07 Å². The van der Waals surface area contributed by atoms with Crippen molar-refractivity contribution < 1.29 is 13.2 Å². The van der Waals surface area contributed by atoms with E-state index in [4.69, 9.17) is 5.73 Å². The van der Waals surface area contributed by atoms with E-state index < -0.39 is 11.7 Å². The monoisotopic (exact) mass is 260 g/mol. The summed E-state index contributed by atoms with van der Waals surface area (Å²) < 4.78 is 37.8. The highest BCUT2D eigenvalue weighted by molar-refractivity contribution is 5.27. The summed E-state index contributed by atoms with van der Waals surface area (Å²) in [6.07, 6.45) is -3.45. The number of alkyl halides is 3. The van der Waals surface area contributed by atoms with Gasteiger partial charge in [0.15, 0.2) is 0 Å². The second kappa shape index (κ2) is 6.20. The Morgan fingerprint density at radius 1 is 1.33 bits per heavy atom. The SMILES string of the molecule is CC(c1cccc(C(F)(F)F)c1)N(C)CCCN. The first-order valence-electron chi connectivity index (χ1n) is 5.93. The largest absolute Gasteiger partial charge is 0.416 e. The van der Waals surface area contributed by atoms with Crippen LogP contribution >= 0.6 is 0 Å². The Hall–Kier alpha value is -1.07. The fraction of sp³-hybridized carbons (Fsp3) is 0.538. The molecule has 0 aliphatic heterocycles. The quantitative estimate of drug-likeness (QED) is 0.881. The standard InChI is InChI=1S/C13H19F3N2/c1-10(18(2)8-4-7-17)11-5-3-6-12(9-11)13(14,15)16/h3,5-6,9-10H,4,7-8,17H2,1-2H3. The Morgan fingerprint density at radius 2 is 2.00 bits per heavy atom. The van der Waals surface area contributed by atoms with Gasteiger partial charge in [0.1, 0.15) is 0 Å².